The van der Waals surface area contributed by atoms with Crippen LogP contribution in [0.3, 0.4) is 0 Å². The van der Waals surface area contributed by atoms with Crippen LogP contribution in [0.5, 0.6) is 0 Å². The maximum Gasteiger partial charge on any atom is 0.522 e. The summed E-state index contributed by atoms with van der Waals surface area (Å²) in [5.41, 5.74) is 0.918. The zero-order valence-electron chi connectivity index (χ0n) is 8.83. The third-order valence-corrected chi connectivity index (χ3v) is 1.86. The zero-order valence-corrected chi connectivity index (χ0v) is 8.83. The average molecular weight is 234 g/mol. The van der Waals surface area contributed by atoms with E-state index in [2.05, 4.69) is 4.74 Å². The number of ether oxygens (including phenoxy) is 2. The molecule has 16 heavy (non-hydrogen) atoms. The SMILES string of the molecule is C[C@@H](COC(F)(F)F)OCc1ccccc1. The summed E-state index contributed by atoms with van der Waals surface area (Å²) in [4.78, 5) is 0. The first-order valence-corrected chi connectivity index (χ1v) is 4.83. The Morgan fingerprint density at radius 2 is 1.81 bits per heavy atom. The van der Waals surface area contributed by atoms with Crippen molar-refractivity contribution in [1.82, 2.24) is 0 Å². The van der Waals surface area contributed by atoms with E-state index in [1.807, 2.05) is 30.3 Å². The van der Waals surface area contributed by atoms with Gasteiger partial charge in [0.1, 0.15) is 0 Å². The van der Waals surface area contributed by atoms with Gasteiger partial charge in [-0.1, -0.05) is 30.3 Å². The van der Waals surface area contributed by atoms with E-state index in [0.29, 0.717) is 0 Å². The predicted molar refractivity (Wildman–Crippen MR) is 52.7 cm³/mol. The van der Waals surface area contributed by atoms with Crippen molar-refractivity contribution in [3.63, 3.8) is 0 Å². The van der Waals surface area contributed by atoms with Crippen LogP contribution in [-0.4, -0.2) is 19.1 Å². The van der Waals surface area contributed by atoms with Crippen LogP contribution < -0.4 is 0 Å². The lowest BCUT2D eigenvalue weighted by atomic mass is 10.2. The van der Waals surface area contributed by atoms with Gasteiger partial charge in [-0.2, -0.15) is 0 Å². The number of benzene rings is 1. The fourth-order valence-corrected chi connectivity index (χ4v) is 1.07. The highest BCUT2D eigenvalue weighted by atomic mass is 19.4. The predicted octanol–water partition coefficient (Wildman–Crippen LogP) is 3.13. The topological polar surface area (TPSA) is 18.5 Å². The molecule has 2 nitrogen and oxygen atoms in total. The minimum atomic E-state index is -4.59. The van der Waals surface area contributed by atoms with E-state index >= 15 is 0 Å². The Balaban J connectivity index is 2.23. The fourth-order valence-electron chi connectivity index (χ4n) is 1.07. The van der Waals surface area contributed by atoms with Crippen LogP contribution in [0.2, 0.25) is 0 Å². The van der Waals surface area contributed by atoms with Crippen LogP contribution in [0.4, 0.5) is 13.2 Å². The minimum Gasteiger partial charge on any atom is -0.371 e. The van der Waals surface area contributed by atoms with Crippen LogP contribution in [0.25, 0.3) is 0 Å². The largest absolute Gasteiger partial charge is 0.522 e. The third-order valence-electron chi connectivity index (χ3n) is 1.86. The maximum atomic E-state index is 11.7. The molecule has 0 N–H and O–H groups in total. The summed E-state index contributed by atoms with van der Waals surface area (Å²) in [7, 11) is 0. The van der Waals surface area contributed by atoms with Crippen molar-refractivity contribution in [2.24, 2.45) is 0 Å². The van der Waals surface area contributed by atoms with E-state index in [0.717, 1.165) is 5.56 Å². The summed E-state index contributed by atoms with van der Waals surface area (Å²) >= 11 is 0. The highest BCUT2D eigenvalue weighted by molar-refractivity contribution is 5.13. The minimum absolute atomic E-state index is 0.281. The Kier molecular flexibility index (Phi) is 4.76. The summed E-state index contributed by atoms with van der Waals surface area (Å²) in [6, 6.07) is 9.24. The van der Waals surface area contributed by atoms with Gasteiger partial charge in [-0.05, 0) is 12.5 Å². The highest BCUT2D eigenvalue weighted by Gasteiger charge is 2.29. The Morgan fingerprint density at radius 3 is 2.38 bits per heavy atom. The molecule has 0 unspecified atom stereocenters. The van der Waals surface area contributed by atoms with Crippen LogP contribution in [0.1, 0.15) is 12.5 Å². The molecule has 0 aliphatic carbocycles. The second kappa shape index (κ2) is 5.86. The lowest BCUT2D eigenvalue weighted by Gasteiger charge is -2.14. The van der Waals surface area contributed by atoms with Crippen LogP contribution in [0.15, 0.2) is 30.3 Å². The molecule has 0 radical (unpaired) electrons. The van der Waals surface area contributed by atoms with E-state index in [-0.39, 0.29) is 6.61 Å². The van der Waals surface area contributed by atoms with Crippen molar-refractivity contribution in [1.29, 1.82) is 0 Å². The molecule has 0 fully saturated rings. The number of hydrogen-bond donors (Lipinski definition) is 0. The number of rotatable bonds is 5. The molecular formula is C11H13F3O2. The van der Waals surface area contributed by atoms with Crippen molar-refractivity contribution in [2.75, 3.05) is 6.61 Å². The molecule has 0 saturated heterocycles. The molecule has 0 amide bonds. The van der Waals surface area contributed by atoms with Crippen LogP contribution in [0, 0.1) is 0 Å². The van der Waals surface area contributed by atoms with E-state index in [1.165, 1.54) is 6.92 Å². The van der Waals surface area contributed by atoms with Gasteiger partial charge in [0, 0.05) is 0 Å². The molecule has 1 atom stereocenters. The smallest absolute Gasteiger partial charge is 0.371 e. The average Bonchev–Trinajstić information content (AvgIpc) is 2.24. The van der Waals surface area contributed by atoms with Crippen molar-refractivity contribution in [3.05, 3.63) is 35.9 Å². The normalized spacial score (nSPS) is 13.8. The van der Waals surface area contributed by atoms with Crippen LogP contribution in [-0.2, 0) is 16.1 Å². The van der Waals surface area contributed by atoms with Crippen LogP contribution >= 0.6 is 0 Å². The van der Waals surface area contributed by atoms with Crippen molar-refractivity contribution in [3.8, 4) is 0 Å². The van der Waals surface area contributed by atoms with Gasteiger partial charge in [0.15, 0.2) is 0 Å². The van der Waals surface area contributed by atoms with E-state index in [4.69, 9.17) is 4.74 Å². The van der Waals surface area contributed by atoms with Gasteiger partial charge in [-0.25, -0.2) is 0 Å². The molecule has 0 aliphatic heterocycles. The van der Waals surface area contributed by atoms with E-state index < -0.39 is 19.1 Å². The quantitative estimate of drug-likeness (QED) is 0.779. The molecule has 0 aromatic heterocycles. The van der Waals surface area contributed by atoms with Gasteiger partial charge in [-0.15, -0.1) is 13.2 Å². The summed E-state index contributed by atoms with van der Waals surface area (Å²) in [5, 5.41) is 0. The van der Waals surface area contributed by atoms with Crippen molar-refractivity contribution < 1.29 is 22.6 Å². The highest BCUT2D eigenvalue weighted by Crippen LogP contribution is 2.16. The Labute approximate surface area is 92.0 Å². The van der Waals surface area contributed by atoms with Gasteiger partial charge < -0.3 is 4.74 Å². The standard InChI is InChI=1S/C11H13F3O2/c1-9(7-16-11(12,13)14)15-8-10-5-3-2-4-6-10/h2-6,9H,7-8H2,1H3/t9-/m0/s1. The summed E-state index contributed by atoms with van der Waals surface area (Å²) < 4.78 is 44.0. The molecule has 0 heterocycles. The fraction of sp³-hybridized carbons (Fsp3) is 0.455. The Hall–Kier alpha value is -1.07. The molecule has 0 spiro atoms. The van der Waals surface area contributed by atoms with E-state index in [9.17, 15) is 13.2 Å². The first-order valence-electron chi connectivity index (χ1n) is 4.83. The lowest BCUT2D eigenvalue weighted by Crippen LogP contribution is -2.23. The molecule has 1 aromatic rings. The Morgan fingerprint density at radius 1 is 1.19 bits per heavy atom. The Bertz CT molecular complexity index is 298. The van der Waals surface area contributed by atoms with Gasteiger partial charge in [-0.3, -0.25) is 4.74 Å². The summed E-state index contributed by atoms with van der Waals surface area (Å²) in [6.45, 7) is 1.33. The van der Waals surface area contributed by atoms with Gasteiger partial charge >= 0.3 is 6.36 Å². The zero-order chi connectivity index (χ0) is 12.0. The first kappa shape index (κ1) is 13.0. The molecular weight excluding hydrogens is 221 g/mol. The molecule has 1 rings (SSSR count). The molecule has 5 heteroatoms. The molecule has 0 bridgehead atoms. The monoisotopic (exact) mass is 234 g/mol. The van der Waals surface area contributed by atoms with Gasteiger partial charge in [0.05, 0.1) is 19.3 Å². The van der Waals surface area contributed by atoms with E-state index in [1.54, 1.807) is 0 Å². The number of alkyl halides is 3. The summed E-state index contributed by atoms with van der Waals surface area (Å²) in [5.74, 6) is 0. The maximum absolute atomic E-state index is 11.7. The second-order valence-corrected chi connectivity index (χ2v) is 3.36. The molecule has 90 valence electrons. The molecule has 0 saturated carbocycles. The van der Waals surface area contributed by atoms with Gasteiger partial charge in [0.2, 0.25) is 0 Å². The number of hydrogen-bond acceptors (Lipinski definition) is 2. The van der Waals surface area contributed by atoms with Crippen molar-refractivity contribution >= 4 is 0 Å². The van der Waals surface area contributed by atoms with Gasteiger partial charge in [0.25, 0.3) is 0 Å². The first-order chi connectivity index (χ1) is 7.47. The molecule has 1 aromatic carbocycles. The summed E-state index contributed by atoms with van der Waals surface area (Å²) in [6.07, 6.45) is -5.19. The molecule has 0 aliphatic rings. The number of halogens is 3. The van der Waals surface area contributed by atoms with Crippen molar-refractivity contribution in [2.45, 2.75) is 26.0 Å². The second-order valence-electron chi connectivity index (χ2n) is 3.36. The lowest BCUT2D eigenvalue weighted by molar-refractivity contribution is -0.331. The third kappa shape index (κ3) is 5.72.